The van der Waals surface area contributed by atoms with Crippen molar-refractivity contribution in [2.24, 2.45) is 15.3 Å². The largest absolute Gasteiger partial charge is 0.508 e. The van der Waals surface area contributed by atoms with Crippen LogP contribution in [-0.4, -0.2) is 34.1 Å². The lowest BCUT2D eigenvalue weighted by molar-refractivity contribution is 0.475. The van der Waals surface area contributed by atoms with Gasteiger partial charge in [0.2, 0.25) is 5.17 Å². The molecule has 0 heterocycles. The Bertz CT molecular complexity index is 710. The summed E-state index contributed by atoms with van der Waals surface area (Å²) < 4.78 is 0. The Hall–Kier alpha value is -2.80. The predicted molar refractivity (Wildman–Crippen MR) is 95.5 cm³/mol. The van der Waals surface area contributed by atoms with Crippen LogP contribution in [0.4, 0.5) is 0 Å². The highest BCUT2D eigenvalue weighted by molar-refractivity contribution is 8.13. The number of benzene rings is 2. The van der Waals surface area contributed by atoms with E-state index in [2.05, 4.69) is 20.7 Å². The smallest absolute Gasteiger partial charge is 0.203 e. The Balaban J connectivity index is 1.93. The number of rotatable bonds is 4. The van der Waals surface area contributed by atoms with Crippen LogP contribution in [0.25, 0.3) is 0 Å². The second kappa shape index (κ2) is 8.60. The third kappa shape index (κ3) is 5.84. The average molecular weight is 328 g/mol. The summed E-state index contributed by atoms with van der Waals surface area (Å²) in [7, 11) is 0. The van der Waals surface area contributed by atoms with Crippen molar-refractivity contribution in [1.82, 2.24) is 5.43 Å². The molecule has 2 rings (SSSR count). The van der Waals surface area contributed by atoms with Gasteiger partial charge in [0.15, 0.2) is 0 Å². The van der Waals surface area contributed by atoms with E-state index in [1.165, 1.54) is 11.8 Å². The Kier molecular flexibility index (Phi) is 6.19. The Morgan fingerprint density at radius 2 is 1.43 bits per heavy atom. The van der Waals surface area contributed by atoms with Gasteiger partial charge < -0.3 is 10.2 Å². The molecular weight excluding hydrogens is 312 g/mol. The summed E-state index contributed by atoms with van der Waals surface area (Å²) in [4.78, 5) is 0. The molecule has 0 aliphatic rings. The van der Waals surface area contributed by atoms with Crippen LogP contribution in [0.2, 0.25) is 0 Å². The van der Waals surface area contributed by atoms with E-state index in [-0.39, 0.29) is 11.5 Å². The first-order valence-electron chi connectivity index (χ1n) is 6.69. The van der Waals surface area contributed by atoms with Gasteiger partial charge in [-0.05, 0) is 65.9 Å². The van der Waals surface area contributed by atoms with Gasteiger partial charge in [-0.2, -0.15) is 10.2 Å². The Morgan fingerprint density at radius 3 is 1.96 bits per heavy atom. The monoisotopic (exact) mass is 328 g/mol. The normalized spacial score (nSPS) is 12.1. The maximum atomic E-state index is 9.20. The molecule has 0 atom stereocenters. The van der Waals surface area contributed by atoms with Crippen molar-refractivity contribution in [3.05, 3.63) is 59.7 Å². The second-order valence-electron chi connectivity index (χ2n) is 4.41. The van der Waals surface area contributed by atoms with Crippen molar-refractivity contribution in [3.63, 3.8) is 0 Å². The first kappa shape index (κ1) is 16.6. The molecule has 6 nitrogen and oxygen atoms in total. The van der Waals surface area contributed by atoms with Gasteiger partial charge in [-0.3, -0.25) is 5.43 Å². The molecule has 0 fully saturated rings. The molecule has 0 aliphatic heterocycles. The summed E-state index contributed by atoms with van der Waals surface area (Å²) in [6.45, 7) is 0. The minimum Gasteiger partial charge on any atom is -0.508 e. The SMILES string of the molecule is CSC(=NN=Cc1ccc(O)cc1)NN=Cc1ccc(O)cc1. The van der Waals surface area contributed by atoms with Crippen molar-refractivity contribution in [2.45, 2.75) is 0 Å². The number of aromatic hydroxyl groups is 2. The highest BCUT2D eigenvalue weighted by Crippen LogP contribution is 2.08. The van der Waals surface area contributed by atoms with Crippen LogP contribution in [0.3, 0.4) is 0 Å². The zero-order valence-electron chi connectivity index (χ0n) is 12.4. The quantitative estimate of drug-likeness (QED) is 0.457. The summed E-state index contributed by atoms with van der Waals surface area (Å²) in [5.74, 6) is 0.422. The number of hydrogen-bond donors (Lipinski definition) is 3. The molecule has 0 bridgehead atoms. The summed E-state index contributed by atoms with van der Waals surface area (Å²) in [6.07, 6.45) is 5.06. The first-order chi connectivity index (χ1) is 11.2. The van der Waals surface area contributed by atoms with Gasteiger partial charge in [0.25, 0.3) is 0 Å². The topological polar surface area (TPSA) is 89.6 Å². The van der Waals surface area contributed by atoms with Crippen LogP contribution in [0.5, 0.6) is 11.5 Å². The van der Waals surface area contributed by atoms with Crippen LogP contribution < -0.4 is 5.43 Å². The number of hydrazone groups is 1. The maximum Gasteiger partial charge on any atom is 0.203 e. The van der Waals surface area contributed by atoms with Crippen LogP contribution >= 0.6 is 11.8 Å². The number of hydrogen-bond acceptors (Lipinski definition) is 6. The van der Waals surface area contributed by atoms with E-state index in [0.29, 0.717) is 5.17 Å². The van der Waals surface area contributed by atoms with Gasteiger partial charge in [0, 0.05) is 0 Å². The van der Waals surface area contributed by atoms with Gasteiger partial charge >= 0.3 is 0 Å². The molecule has 7 heteroatoms. The molecule has 0 saturated carbocycles. The number of phenols is 2. The molecule has 0 radical (unpaired) electrons. The summed E-state index contributed by atoms with van der Waals surface area (Å²) in [6, 6.07) is 13.3. The summed E-state index contributed by atoms with van der Waals surface area (Å²) in [5, 5.41) is 31.0. The summed E-state index contributed by atoms with van der Waals surface area (Å²) in [5.41, 5.74) is 4.48. The Morgan fingerprint density at radius 1 is 0.913 bits per heavy atom. The van der Waals surface area contributed by atoms with E-state index in [9.17, 15) is 10.2 Å². The van der Waals surface area contributed by atoms with E-state index in [0.717, 1.165) is 11.1 Å². The van der Waals surface area contributed by atoms with Crippen molar-refractivity contribution in [1.29, 1.82) is 0 Å². The second-order valence-corrected chi connectivity index (χ2v) is 5.20. The van der Waals surface area contributed by atoms with Crippen molar-refractivity contribution in [3.8, 4) is 11.5 Å². The molecule has 2 aromatic rings. The predicted octanol–water partition coefficient (Wildman–Crippen LogP) is 2.77. The third-order valence-electron chi connectivity index (χ3n) is 2.71. The minimum atomic E-state index is 0.209. The van der Waals surface area contributed by atoms with Gasteiger partial charge in [-0.15, -0.1) is 5.10 Å². The fourth-order valence-electron chi connectivity index (χ4n) is 1.54. The number of phenolic OH excluding ortho intramolecular Hbond substituents is 2. The molecule has 0 amide bonds. The number of amidine groups is 1. The molecular formula is C16H16N4O2S. The van der Waals surface area contributed by atoms with E-state index in [4.69, 9.17) is 0 Å². The molecule has 118 valence electrons. The van der Waals surface area contributed by atoms with Crippen molar-refractivity contribution >= 4 is 29.4 Å². The standard InChI is InChI=1S/C16H16N4O2S/c1-23-16(19-17-10-12-2-6-14(21)7-3-12)20-18-11-13-4-8-15(22)9-5-13/h2-11,21-22H,1H3,(H,19,20). The zero-order chi connectivity index (χ0) is 16.5. The van der Waals surface area contributed by atoms with Crippen LogP contribution in [0.1, 0.15) is 11.1 Å². The van der Waals surface area contributed by atoms with E-state index in [1.54, 1.807) is 61.0 Å². The highest BCUT2D eigenvalue weighted by Gasteiger charge is 1.94. The van der Waals surface area contributed by atoms with Gasteiger partial charge in [-0.25, -0.2) is 0 Å². The molecule has 0 saturated heterocycles. The van der Waals surface area contributed by atoms with Crippen LogP contribution in [0, 0.1) is 0 Å². The molecule has 0 aliphatic carbocycles. The fraction of sp³-hybridized carbons (Fsp3) is 0.0625. The van der Waals surface area contributed by atoms with Crippen molar-refractivity contribution in [2.75, 3.05) is 6.26 Å². The highest BCUT2D eigenvalue weighted by atomic mass is 32.2. The molecule has 2 aromatic carbocycles. The fourth-order valence-corrected chi connectivity index (χ4v) is 1.81. The number of thioether (sulfide) groups is 1. The maximum absolute atomic E-state index is 9.20. The third-order valence-corrected chi connectivity index (χ3v) is 3.27. The lowest BCUT2D eigenvalue weighted by atomic mass is 10.2. The van der Waals surface area contributed by atoms with E-state index < -0.39 is 0 Å². The van der Waals surface area contributed by atoms with Gasteiger partial charge in [0.1, 0.15) is 11.5 Å². The molecule has 0 unspecified atom stereocenters. The molecule has 0 aromatic heterocycles. The van der Waals surface area contributed by atoms with Crippen LogP contribution in [-0.2, 0) is 0 Å². The molecule has 0 spiro atoms. The van der Waals surface area contributed by atoms with E-state index in [1.807, 2.05) is 6.26 Å². The van der Waals surface area contributed by atoms with E-state index >= 15 is 0 Å². The summed E-state index contributed by atoms with van der Waals surface area (Å²) >= 11 is 1.38. The van der Waals surface area contributed by atoms with Gasteiger partial charge in [0.05, 0.1) is 12.4 Å². The number of nitrogens with zero attached hydrogens (tertiary/aromatic N) is 3. The molecule has 3 N–H and O–H groups in total. The van der Waals surface area contributed by atoms with Crippen LogP contribution in [0.15, 0.2) is 63.8 Å². The minimum absolute atomic E-state index is 0.209. The zero-order valence-corrected chi connectivity index (χ0v) is 13.2. The lowest BCUT2D eigenvalue weighted by Crippen LogP contribution is -2.13. The van der Waals surface area contributed by atoms with Gasteiger partial charge in [-0.1, -0.05) is 11.8 Å². The van der Waals surface area contributed by atoms with Crippen molar-refractivity contribution < 1.29 is 10.2 Å². The average Bonchev–Trinajstić information content (AvgIpc) is 2.57. The lowest BCUT2D eigenvalue weighted by Gasteiger charge is -1.99. The number of nitrogens with one attached hydrogen (secondary N) is 1. The molecule has 23 heavy (non-hydrogen) atoms. The Labute approximate surface area is 138 Å². The first-order valence-corrected chi connectivity index (χ1v) is 7.92.